The van der Waals surface area contributed by atoms with Gasteiger partial charge in [-0.25, -0.2) is 9.37 Å². The Kier molecular flexibility index (Phi) is 5.05. The number of nitrogens with zero attached hydrogens (tertiary/aromatic N) is 1. The maximum Gasteiger partial charge on any atom is 0.257 e. The Hall–Kier alpha value is -3.58. The van der Waals surface area contributed by atoms with Crippen LogP contribution in [0.5, 0.6) is 0 Å². The van der Waals surface area contributed by atoms with E-state index in [2.05, 4.69) is 15.6 Å². The zero-order valence-electron chi connectivity index (χ0n) is 15.4. The lowest BCUT2D eigenvalue weighted by molar-refractivity contribution is 0.101. The first kappa shape index (κ1) is 18.8. The van der Waals surface area contributed by atoms with Gasteiger partial charge in [-0.1, -0.05) is 35.6 Å². The maximum atomic E-state index is 13.7. The van der Waals surface area contributed by atoms with Crippen molar-refractivity contribution in [3.63, 3.8) is 0 Å². The molecule has 144 valence electrons. The highest BCUT2D eigenvalue weighted by atomic mass is 32.1. The van der Waals surface area contributed by atoms with Gasteiger partial charge in [-0.15, -0.1) is 0 Å². The number of fused-ring (bicyclic) bond motifs is 1. The largest absolute Gasteiger partial charge is 0.322 e. The fourth-order valence-electron chi connectivity index (χ4n) is 2.75. The Morgan fingerprint density at radius 1 is 0.897 bits per heavy atom. The molecule has 0 fully saturated rings. The van der Waals surface area contributed by atoms with Crippen LogP contribution in [0.2, 0.25) is 0 Å². The van der Waals surface area contributed by atoms with Gasteiger partial charge in [-0.3, -0.25) is 14.9 Å². The summed E-state index contributed by atoms with van der Waals surface area (Å²) in [4.78, 5) is 29.1. The maximum absolute atomic E-state index is 13.7. The van der Waals surface area contributed by atoms with Crippen LogP contribution in [0, 0.1) is 12.7 Å². The van der Waals surface area contributed by atoms with Crippen LogP contribution in [0.25, 0.3) is 10.2 Å². The molecule has 1 aromatic heterocycles. The van der Waals surface area contributed by atoms with E-state index in [1.807, 2.05) is 6.07 Å². The van der Waals surface area contributed by atoms with E-state index in [0.717, 1.165) is 4.70 Å². The van der Waals surface area contributed by atoms with Crippen LogP contribution in [-0.2, 0) is 0 Å². The van der Waals surface area contributed by atoms with Crippen LogP contribution in [0.3, 0.4) is 0 Å². The van der Waals surface area contributed by atoms with E-state index in [1.165, 1.54) is 17.4 Å². The van der Waals surface area contributed by atoms with Crippen molar-refractivity contribution >= 4 is 44.2 Å². The Balaban J connectivity index is 1.51. The third-order valence-corrected chi connectivity index (χ3v) is 5.27. The molecule has 0 saturated heterocycles. The third-order valence-electron chi connectivity index (χ3n) is 4.34. The lowest BCUT2D eigenvalue weighted by Gasteiger charge is -2.06. The molecule has 5 nitrogen and oxygen atoms in total. The molecule has 1 heterocycles. The second kappa shape index (κ2) is 7.81. The van der Waals surface area contributed by atoms with Crippen LogP contribution < -0.4 is 10.6 Å². The molecule has 2 N–H and O–H groups in total. The molecule has 0 saturated carbocycles. The van der Waals surface area contributed by atoms with Gasteiger partial charge in [0.15, 0.2) is 5.13 Å². The fourth-order valence-corrected chi connectivity index (χ4v) is 3.65. The summed E-state index contributed by atoms with van der Waals surface area (Å²) in [5.41, 5.74) is 2.54. The molecule has 0 bridgehead atoms. The topological polar surface area (TPSA) is 71.1 Å². The van der Waals surface area contributed by atoms with Gasteiger partial charge in [0, 0.05) is 16.8 Å². The van der Waals surface area contributed by atoms with Gasteiger partial charge in [-0.2, -0.15) is 0 Å². The summed E-state index contributed by atoms with van der Waals surface area (Å²) in [7, 11) is 0. The smallest absolute Gasteiger partial charge is 0.257 e. The number of benzene rings is 3. The molecule has 7 heteroatoms. The van der Waals surface area contributed by atoms with Gasteiger partial charge >= 0.3 is 0 Å². The summed E-state index contributed by atoms with van der Waals surface area (Å²) in [6.07, 6.45) is 0. The number of anilines is 2. The van der Waals surface area contributed by atoms with Crippen molar-refractivity contribution in [1.29, 1.82) is 0 Å². The first-order chi connectivity index (χ1) is 14.0. The molecule has 0 spiro atoms. The van der Waals surface area contributed by atoms with Gasteiger partial charge in [-0.05, 0) is 55.0 Å². The Morgan fingerprint density at radius 2 is 1.66 bits per heavy atom. The number of aryl methyl sites for hydroxylation is 1. The molecular formula is C22H16FN3O2S. The highest BCUT2D eigenvalue weighted by molar-refractivity contribution is 7.22. The number of halogens is 1. The predicted octanol–water partition coefficient (Wildman–Crippen LogP) is 5.25. The molecule has 0 unspecified atom stereocenters. The monoisotopic (exact) mass is 405 g/mol. The molecule has 0 radical (unpaired) electrons. The van der Waals surface area contributed by atoms with Crippen LogP contribution in [0.1, 0.15) is 26.3 Å². The summed E-state index contributed by atoms with van der Waals surface area (Å²) >= 11 is 1.31. The van der Waals surface area contributed by atoms with E-state index in [1.54, 1.807) is 61.5 Å². The van der Waals surface area contributed by atoms with Crippen LogP contribution in [-0.4, -0.2) is 16.8 Å². The second-order valence-corrected chi connectivity index (χ2v) is 7.47. The molecule has 0 aliphatic rings. The van der Waals surface area contributed by atoms with Crippen molar-refractivity contribution in [2.45, 2.75) is 6.92 Å². The average Bonchev–Trinajstić information content (AvgIpc) is 3.12. The summed E-state index contributed by atoms with van der Waals surface area (Å²) in [5.74, 6) is -1.06. The van der Waals surface area contributed by atoms with E-state index in [4.69, 9.17) is 0 Å². The Bertz CT molecular complexity index is 1220. The highest BCUT2D eigenvalue weighted by Gasteiger charge is 2.12. The number of hydrogen-bond acceptors (Lipinski definition) is 4. The van der Waals surface area contributed by atoms with Crippen LogP contribution in [0.4, 0.5) is 15.2 Å². The SMILES string of the molecule is Cc1ccc(C(=O)Nc2ccc3nc(NC(=O)c4ccccc4)sc3c2)cc1F. The van der Waals surface area contributed by atoms with Crippen molar-refractivity contribution in [2.75, 3.05) is 10.6 Å². The molecule has 2 amide bonds. The summed E-state index contributed by atoms with van der Waals surface area (Å²) in [5, 5.41) is 6.01. The first-order valence-electron chi connectivity index (χ1n) is 8.84. The summed E-state index contributed by atoms with van der Waals surface area (Å²) in [6.45, 7) is 1.64. The number of carbonyl (C=O) groups is 2. The highest BCUT2D eigenvalue weighted by Crippen LogP contribution is 2.29. The Morgan fingerprint density at radius 3 is 2.41 bits per heavy atom. The van der Waals surface area contributed by atoms with E-state index in [9.17, 15) is 14.0 Å². The molecule has 4 rings (SSSR count). The molecule has 0 atom stereocenters. The minimum absolute atomic E-state index is 0.236. The van der Waals surface area contributed by atoms with Crippen molar-refractivity contribution in [3.05, 3.63) is 89.2 Å². The standard InChI is InChI=1S/C22H16FN3O2S/c1-13-7-8-15(11-17(13)23)21(28)24-16-9-10-18-19(12-16)29-22(25-18)26-20(27)14-5-3-2-4-6-14/h2-12H,1H3,(H,24,28)(H,25,26,27). The Labute approximate surface area is 170 Å². The molecule has 0 aliphatic heterocycles. The number of aromatic nitrogens is 1. The molecule has 4 aromatic rings. The van der Waals surface area contributed by atoms with Gasteiger partial charge in [0.2, 0.25) is 0 Å². The number of hydrogen-bond donors (Lipinski definition) is 2. The van der Waals surface area contributed by atoms with Crippen LogP contribution >= 0.6 is 11.3 Å². The minimum atomic E-state index is -0.422. The zero-order chi connectivity index (χ0) is 20.4. The fraction of sp³-hybridized carbons (Fsp3) is 0.0455. The number of rotatable bonds is 4. The molecule has 3 aromatic carbocycles. The van der Waals surface area contributed by atoms with E-state index in [-0.39, 0.29) is 11.5 Å². The number of carbonyl (C=O) groups excluding carboxylic acids is 2. The van der Waals surface area contributed by atoms with Crippen molar-refractivity contribution in [3.8, 4) is 0 Å². The minimum Gasteiger partial charge on any atom is -0.322 e. The molecule has 0 aliphatic carbocycles. The molecule has 29 heavy (non-hydrogen) atoms. The van der Waals surface area contributed by atoms with E-state index >= 15 is 0 Å². The van der Waals surface area contributed by atoms with Crippen molar-refractivity contribution in [1.82, 2.24) is 4.98 Å². The van der Waals surface area contributed by atoms with E-state index < -0.39 is 11.7 Å². The lowest BCUT2D eigenvalue weighted by Crippen LogP contribution is -2.12. The van der Waals surface area contributed by atoms with E-state index in [0.29, 0.717) is 27.5 Å². The lowest BCUT2D eigenvalue weighted by atomic mass is 10.1. The first-order valence-corrected chi connectivity index (χ1v) is 9.66. The molecular weight excluding hydrogens is 389 g/mol. The normalized spacial score (nSPS) is 10.7. The summed E-state index contributed by atoms with van der Waals surface area (Å²) in [6, 6.07) is 18.5. The second-order valence-electron chi connectivity index (χ2n) is 6.44. The van der Waals surface area contributed by atoms with Crippen molar-refractivity contribution in [2.24, 2.45) is 0 Å². The van der Waals surface area contributed by atoms with Gasteiger partial charge < -0.3 is 5.32 Å². The third kappa shape index (κ3) is 4.14. The number of thiazole rings is 1. The predicted molar refractivity (Wildman–Crippen MR) is 113 cm³/mol. The van der Waals surface area contributed by atoms with Gasteiger partial charge in [0.05, 0.1) is 10.2 Å². The van der Waals surface area contributed by atoms with Crippen LogP contribution in [0.15, 0.2) is 66.7 Å². The zero-order valence-corrected chi connectivity index (χ0v) is 16.2. The number of nitrogens with one attached hydrogen (secondary N) is 2. The quantitative estimate of drug-likeness (QED) is 0.487. The van der Waals surface area contributed by atoms with Gasteiger partial charge in [0.1, 0.15) is 5.82 Å². The van der Waals surface area contributed by atoms with Crippen molar-refractivity contribution < 1.29 is 14.0 Å². The summed E-state index contributed by atoms with van der Waals surface area (Å²) < 4.78 is 14.5. The number of amides is 2. The van der Waals surface area contributed by atoms with Gasteiger partial charge in [0.25, 0.3) is 11.8 Å². The average molecular weight is 405 g/mol.